The van der Waals surface area contributed by atoms with Crippen molar-refractivity contribution in [1.29, 1.82) is 0 Å². The molecule has 0 aromatic heterocycles. The second-order valence-corrected chi connectivity index (χ2v) is 8.89. The standard InChI is InChI=1S/C23H32NO5/c1-6-11-24-12-7-8-17-13-18-16(14-19(17)24)9-10-20(27-15(2)25)21(18)28-22(26)29-23(3,4)5/h9-10,17H,6-8,11-14H2,1-5H3/q+1/t17-/m1/s1. The fourth-order valence-electron chi connectivity index (χ4n) is 4.28. The summed E-state index contributed by atoms with van der Waals surface area (Å²) in [5.41, 5.74) is 2.88. The molecule has 1 aromatic carbocycles. The van der Waals surface area contributed by atoms with Crippen LogP contribution in [0, 0.1) is 5.92 Å². The van der Waals surface area contributed by atoms with Crippen molar-refractivity contribution < 1.29 is 28.4 Å². The van der Waals surface area contributed by atoms with Gasteiger partial charge in [-0.1, -0.05) is 13.0 Å². The maximum atomic E-state index is 12.4. The number of benzene rings is 1. The quantitative estimate of drug-likeness (QED) is 0.325. The van der Waals surface area contributed by atoms with Gasteiger partial charge in [0.25, 0.3) is 0 Å². The molecule has 1 atom stereocenters. The average molecular weight is 403 g/mol. The largest absolute Gasteiger partial charge is 0.514 e. The van der Waals surface area contributed by atoms with Gasteiger partial charge < -0.3 is 14.2 Å². The molecule has 1 heterocycles. The second kappa shape index (κ2) is 8.56. The Morgan fingerprint density at radius 3 is 2.62 bits per heavy atom. The molecule has 6 nitrogen and oxygen atoms in total. The predicted molar refractivity (Wildman–Crippen MR) is 110 cm³/mol. The van der Waals surface area contributed by atoms with E-state index in [4.69, 9.17) is 14.2 Å². The first-order valence-corrected chi connectivity index (χ1v) is 10.5. The first-order chi connectivity index (χ1) is 13.7. The van der Waals surface area contributed by atoms with E-state index in [2.05, 4.69) is 11.5 Å². The van der Waals surface area contributed by atoms with Gasteiger partial charge in [-0.05, 0) is 45.2 Å². The van der Waals surface area contributed by atoms with Crippen LogP contribution >= 0.6 is 0 Å². The molecular formula is C23H32NO5+. The summed E-state index contributed by atoms with van der Waals surface area (Å²) in [7, 11) is 0. The van der Waals surface area contributed by atoms with E-state index in [9.17, 15) is 9.59 Å². The summed E-state index contributed by atoms with van der Waals surface area (Å²) < 4.78 is 18.8. The van der Waals surface area contributed by atoms with Crippen LogP contribution in [0.25, 0.3) is 0 Å². The van der Waals surface area contributed by atoms with Gasteiger partial charge in [0.2, 0.25) is 0 Å². The molecule has 0 spiro atoms. The van der Waals surface area contributed by atoms with Gasteiger partial charge in [0, 0.05) is 31.2 Å². The topological polar surface area (TPSA) is 64.8 Å². The average Bonchev–Trinajstić information content (AvgIpc) is 2.61. The van der Waals surface area contributed by atoms with Crippen LogP contribution in [-0.4, -0.2) is 41.1 Å². The lowest BCUT2D eigenvalue weighted by Gasteiger charge is -2.30. The number of carbonyl (C=O) groups is 2. The summed E-state index contributed by atoms with van der Waals surface area (Å²) >= 11 is 0. The van der Waals surface area contributed by atoms with Gasteiger partial charge in [-0.15, -0.1) is 0 Å². The SMILES string of the molecule is CCC[N+]1=C2Cc3ccc(OC(C)=O)c(OC(=O)OC(C)(C)C)c3C[C@H]2CCC1. The van der Waals surface area contributed by atoms with Crippen molar-refractivity contribution in [3.8, 4) is 11.5 Å². The number of hydrogen-bond donors (Lipinski definition) is 0. The van der Waals surface area contributed by atoms with Crippen LogP contribution in [0.3, 0.4) is 0 Å². The minimum absolute atomic E-state index is 0.270. The van der Waals surface area contributed by atoms with Gasteiger partial charge in [0.15, 0.2) is 17.2 Å². The Hall–Kier alpha value is -2.37. The zero-order valence-corrected chi connectivity index (χ0v) is 18.2. The fourth-order valence-corrected chi connectivity index (χ4v) is 4.28. The highest BCUT2D eigenvalue weighted by atomic mass is 16.7. The summed E-state index contributed by atoms with van der Waals surface area (Å²) in [6, 6.07) is 3.70. The Morgan fingerprint density at radius 1 is 1.21 bits per heavy atom. The lowest BCUT2D eigenvalue weighted by molar-refractivity contribution is -0.536. The summed E-state index contributed by atoms with van der Waals surface area (Å²) in [5.74, 6) is 0.565. The van der Waals surface area contributed by atoms with Crippen LogP contribution in [0.15, 0.2) is 12.1 Å². The van der Waals surface area contributed by atoms with E-state index in [0.29, 0.717) is 11.7 Å². The number of nitrogens with zero attached hydrogens (tertiary/aromatic N) is 1. The van der Waals surface area contributed by atoms with Gasteiger partial charge in [0.1, 0.15) is 18.7 Å². The molecule has 0 amide bonds. The number of rotatable bonds is 4. The number of carbonyl (C=O) groups excluding carboxylic acids is 2. The summed E-state index contributed by atoms with van der Waals surface area (Å²) in [5, 5.41) is 0. The molecule has 6 heteroatoms. The molecule has 29 heavy (non-hydrogen) atoms. The summed E-state index contributed by atoms with van der Waals surface area (Å²) in [6.07, 6.45) is 4.24. The number of fused-ring (bicyclic) bond motifs is 2. The molecule has 0 bridgehead atoms. The van der Waals surface area contributed by atoms with Crippen LogP contribution in [-0.2, 0) is 22.4 Å². The van der Waals surface area contributed by atoms with Gasteiger partial charge in [-0.2, -0.15) is 0 Å². The van der Waals surface area contributed by atoms with E-state index in [1.165, 1.54) is 12.6 Å². The molecule has 0 fully saturated rings. The zero-order chi connectivity index (χ0) is 21.2. The molecule has 158 valence electrons. The van der Waals surface area contributed by atoms with E-state index in [1.807, 2.05) is 6.07 Å². The summed E-state index contributed by atoms with van der Waals surface area (Å²) in [4.78, 5) is 24.0. The smallest absolute Gasteiger partial charge is 0.428 e. The molecule has 3 rings (SSSR count). The zero-order valence-electron chi connectivity index (χ0n) is 18.2. The normalized spacial score (nSPS) is 18.6. The molecule has 0 N–H and O–H groups in total. The summed E-state index contributed by atoms with van der Waals surface area (Å²) in [6.45, 7) is 11.1. The van der Waals surface area contributed by atoms with Crippen molar-refractivity contribution in [3.63, 3.8) is 0 Å². The Labute approximate surface area is 172 Å². The van der Waals surface area contributed by atoms with Crippen molar-refractivity contribution in [2.24, 2.45) is 5.92 Å². The van der Waals surface area contributed by atoms with E-state index in [0.717, 1.165) is 56.3 Å². The van der Waals surface area contributed by atoms with E-state index in [1.54, 1.807) is 26.8 Å². The molecule has 1 aliphatic heterocycles. The second-order valence-electron chi connectivity index (χ2n) is 8.89. The molecule has 1 aliphatic carbocycles. The maximum absolute atomic E-state index is 12.4. The van der Waals surface area contributed by atoms with Crippen LogP contribution in [0.5, 0.6) is 11.5 Å². The first kappa shape index (κ1) is 21.3. The maximum Gasteiger partial charge on any atom is 0.514 e. The number of hydrogen-bond acceptors (Lipinski definition) is 5. The van der Waals surface area contributed by atoms with E-state index >= 15 is 0 Å². The number of ether oxygens (including phenoxy) is 3. The van der Waals surface area contributed by atoms with Gasteiger partial charge in [-0.25, -0.2) is 9.37 Å². The Morgan fingerprint density at radius 2 is 1.97 bits per heavy atom. The molecule has 1 aromatic rings. The van der Waals surface area contributed by atoms with Crippen LogP contribution < -0.4 is 9.47 Å². The highest BCUT2D eigenvalue weighted by Crippen LogP contribution is 2.40. The monoisotopic (exact) mass is 402 g/mol. The van der Waals surface area contributed by atoms with Crippen LogP contribution in [0.1, 0.15) is 65.0 Å². The minimum Gasteiger partial charge on any atom is -0.428 e. The molecular weight excluding hydrogens is 370 g/mol. The predicted octanol–water partition coefficient (Wildman–Crippen LogP) is 4.30. The van der Waals surface area contributed by atoms with Gasteiger partial charge >= 0.3 is 12.1 Å². The van der Waals surface area contributed by atoms with Crippen molar-refractivity contribution in [2.45, 2.75) is 72.3 Å². The Kier molecular flexibility index (Phi) is 6.30. The van der Waals surface area contributed by atoms with Crippen molar-refractivity contribution in [2.75, 3.05) is 13.1 Å². The lowest BCUT2D eigenvalue weighted by atomic mass is 9.77. The highest BCUT2D eigenvalue weighted by Gasteiger charge is 2.37. The molecule has 0 saturated carbocycles. The third-order valence-corrected chi connectivity index (χ3v) is 5.32. The third-order valence-electron chi connectivity index (χ3n) is 5.32. The van der Waals surface area contributed by atoms with E-state index in [-0.39, 0.29) is 5.75 Å². The molecule has 0 unspecified atom stereocenters. The molecule has 2 aliphatic rings. The van der Waals surface area contributed by atoms with Crippen LogP contribution in [0.2, 0.25) is 0 Å². The van der Waals surface area contributed by atoms with Gasteiger partial charge in [0.05, 0.1) is 6.42 Å². The molecule has 0 radical (unpaired) electrons. The van der Waals surface area contributed by atoms with Gasteiger partial charge in [-0.3, -0.25) is 4.79 Å². The first-order valence-electron chi connectivity index (χ1n) is 10.5. The van der Waals surface area contributed by atoms with Crippen molar-refractivity contribution in [3.05, 3.63) is 23.3 Å². The van der Waals surface area contributed by atoms with Crippen molar-refractivity contribution >= 4 is 17.8 Å². The number of esters is 1. The Balaban J connectivity index is 1.99. The minimum atomic E-state index is -0.787. The van der Waals surface area contributed by atoms with E-state index < -0.39 is 17.7 Å². The van der Waals surface area contributed by atoms with Crippen LogP contribution in [0.4, 0.5) is 4.79 Å². The fraction of sp³-hybridized carbons (Fsp3) is 0.609. The highest BCUT2D eigenvalue weighted by molar-refractivity contribution is 5.88. The lowest BCUT2D eigenvalue weighted by Crippen LogP contribution is -2.39. The Bertz CT molecular complexity index is 834. The third kappa shape index (κ3) is 5.17. The van der Waals surface area contributed by atoms with Crippen molar-refractivity contribution in [1.82, 2.24) is 0 Å². The molecule has 0 saturated heterocycles.